The van der Waals surface area contributed by atoms with Crippen molar-refractivity contribution in [3.8, 4) is 0 Å². The van der Waals surface area contributed by atoms with Gasteiger partial charge in [-0.1, -0.05) is 48.5 Å². The number of carbonyl (C=O) groups excluding carboxylic acids is 1. The summed E-state index contributed by atoms with van der Waals surface area (Å²) < 4.78 is 0. The highest BCUT2D eigenvalue weighted by Crippen LogP contribution is 2.19. The Balaban J connectivity index is 1.46. The molecule has 1 heterocycles. The summed E-state index contributed by atoms with van der Waals surface area (Å²) in [4.78, 5) is 17.1. The van der Waals surface area contributed by atoms with E-state index in [1.165, 1.54) is 5.56 Å². The molecule has 1 fully saturated rings. The Bertz CT molecular complexity index is 686. The van der Waals surface area contributed by atoms with Gasteiger partial charge in [-0.3, -0.25) is 14.6 Å². The minimum atomic E-state index is 0.0777. The second-order valence-electron chi connectivity index (χ2n) is 6.85. The number of benzene rings is 2. The first-order valence-electron chi connectivity index (χ1n) is 8.96. The number of amides is 1. The van der Waals surface area contributed by atoms with Gasteiger partial charge in [0, 0.05) is 38.4 Å². The van der Waals surface area contributed by atoms with Crippen molar-refractivity contribution in [2.45, 2.75) is 20.4 Å². The summed E-state index contributed by atoms with van der Waals surface area (Å²) in [6.45, 7) is 9.41. The van der Waals surface area contributed by atoms with Crippen molar-refractivity contribution in [2.75, 3.05) is 38.0 Å². The molecule has 2 aromatic rings. The van der Waals surface area contributed by atoms with E-state index < -0.39 is 0 Å². The topological polar surface area (TPSA) is 35.6 Å². The van der Waals surface area contributed by atoms with Crippen molar-refractivity contribution in [3.63, 3.8) is 0 Å². The van der Waals surface area contributed by atoms with Crippen molar-refractivity contribution < 1.29 is 4.79 Å². The summed E-state index contributed by atoms with van der Waals surface area (Å²) in [6, 6.07) is 16.7. The number of hydrogen-bond donors (Lipinski definition) is 1. The molecule has 0 radical (unpaired) electrons. The molecule has 0 aromatic heterocycles. The fraction of sp³-hybridized carbons (Fsp3) is 0.381. The van der Waals surface area contributed by atoms with E-state index >= 15 is 0 Å². The van der Waals surface area contributed by atoms with E-state index in [1.807, 2.05) is 32.0 Å². The van der Waals surface area contributed by atoms with E-state index in [1.54, 1.807) is 0 Å². The molecule has 0 saturated carbocycles. The molecule has 1 aliphatic rings. The first-order chi connectivity index (χ1) is 12.1. The molecule has 0 bridgehead atoms. The third kappa shape index (κ3) is 4.91. The Hall–Kier alpha value is -2.17. The molecule has 0 unspecified atom stereocenters. The zero-order valence-corrected chi connectivity index (χ0v) is 15.2. The van der Waals surface area contributed by atoms with E-state index in [9.17, 15) is 4.79 Å². The molecule has 0 aliphatic carbocycles. The number of anilines is 1. The lowest BCUT2D eigenvalue weighted by Crippen LogP contribution is -2.48. The first kappa shape index (κ1) is 17.6. The monoisotopic (exact) mass is 337 g/mol. The summed E-state index contributed by atoms with van der Waals surface area (Å²) in [6.07, 6.45) is 0. The zero-order valence-electron chi connectivity index (χ0n) is 15.2. The number of hydrogen-bond acceptors (Lipinski definition) is 3. The second kappa shape index (κ2) is 8.28. The molecule has 1 saturated heterocycles. The third-order valence-corrected chi connectivity index (χ3v) is 4.83. The number of rotatable bonds is 5. The Labute approximate surface area is 150 Å². The number of carbonyl (C=O) groups is 1. The van der Waals surface area contributed by atoms with Crippen LogP contribution in [-0.2, 0) is 11.3 Å². The van der Waals surface area contributed by atoms with E-state index in [0.717, 1.165) is 49.5 Å². The van der Waals surface area contributed by atoms with Gasteiger partial charge in [0.25, 0.3) is 0 Å². The molecule has 25 heavy (non-hydrogen) atoms. The van der Waals surface area contributed by atoms with Gasteiger partial charge in [0.15, 0.2) is 0 Å². The molecule has 1 N–H and O–H groups in total. The van der Waals surface area contributed by atoms with Gasteiger partial charge < -0.3 is 5.32 Å². The van der Waals surface area contributed by atoms with Crippen LogP contribution in [0.25, 0.3) is 0 Å². The van der Waals surface area contributed by atoms with Gasteiger partial charge in [-0.05, 0) is 30.5 Å². The Morgan fingerprint density at radius 3 is 2.12 bits per heavy atom. The smallest absolute Gasteiger partial charge is 0.238 e. The molecule has 2 aromatic carbocycles. The van der Waals surface area contributed by atoms with Crippen molar-refractivity contribution in [3.05, 3.63) is 65.2 Å². The lowest BCUT2D eigenvalue weighted by molar-refractivity contribution is -0.117. The Morgan fingerprint density at radius 2 is 1.48 bits per heavy atom. The van der Waals surface area contributed by atoms with E-state index in [-0.39, 0.29) is 5.91 Å². The van der Waals surface area contributed by atoms with E-state index in [4.69, 9.17) is 0 Å². The van der Waals surface area contributed by atoms with Crippen LogP contribution in [-0.4, -0.2) is 48.4 Å². The van der Waals surface area contributed by atoms with Crippen LogP contribution in [0, 0.1) is 13.8 Å². The highest BCUT2D eigenvalue weighted by atomic mass is 16.2. The SMILES string of the molecule is Cc1cccc(C)c1NC(=O)CN1CCN(Cc2ccccc2)CC1. The number of piperazine rings is 1. The molecule has 1 aliphatic heterocycles. The first-order valence-corrected chi connectivity index (χ1v) is 8.96. The summed E-state index contributed by atoms with van der Waals surface area (Å²) in [5.74, 6) is 0.0777. The summed E-state index contributed by atoms with van der Waals surface area (Å²) >= 11 is 0. The predicted molar refractivity (Wildman–Crippen MR) is 103 cm³/mol. The molecule has 4 heteroatoms. The predicted octanol–water partition coefficient (Wildman–Crippen LogP) is 3.06. The maximum atomic E-state index is 12.4. The van der Waals surface area contributed by atoms with Crippen LogP contribution < -0.4 is 5.32 Å². The molecular weight excluding hydrogens is 310 g/mol. The summed E-state index contributed by atoms with van der Waals surface area (Å²) in [5.41, 5.74) is 4.53. The van der Waals surface area contributed by atoms with Crippen molar-refractivity contribution in [2.24, 2.45) is 0 Å². The van der Waals surface area contributed by atoms with Crippen molar-refractivity contribution in [1.29, 1.82) is 0 Å². The molecule has 1 amide bonds. The van der Waals surface area contributed by atoms with Gasteiger partial charge in [-0.2, -0.15) is 0 Å². The fourth-order valence-electron chi connectivity index (χ4n) is 3.34. The minimum Gasteiger partial charge on any atom is -0.324 e. The zero-order chi connectivity index (χ0) is 17.6. The van der Waals surface area contributed by atoms with Gasteiger partial charge >= 0.3 is 0 Å². The molecule has 3 rings (SSSR count). The quantitative estimate of drug-likeness (QED) is 0.911. The van der Waals surface area contributed by atoms with Crippen LogP contribution in [0.3, 0.4) is 0 Å². The molecule has 0 atom stereocenters. The van der Waals surface area contributed by atoms with Gasteiger partial charge in [0.2, 0.25) is 5.91 Å². The molecule has 4 nitrogen and oxygen atoms in total. The maximum Gasteiger partial charge on any atom is 0.238 e. The van der Waals surface area contributed by atoms with Crippen LogP contribution in [0.15, 0.2) is 48.5 Å². The fourth-order valence-corrected chi connectivity index (χ4v) is 3.34. The minimum absolute atomic E-state index is 0.0777. The van der Waals surface area contributed by atoms with Crippen LogP contribution in [0.1, 0.15) is 16.7 Å². The van der Waals surface area contributed by atoms with Gasteiger partial charge in [-0.15, -0.1) is 0 Å². The average molecular weight is 337 g/mol. The van der Waals surface area contributed by atoms with E-state index in [2.05, 4.69) is 45.4 Å². The van der Waals surface area contributed by atoms with Crippen LogP contribution in [0.5, 0.6) is 0 Å². The third-order valence-electron chi connectivity index (χ3n) is 4.83. The largest absolute Gasteiger partial charge is 0.324 e. The van der Waals surface area contributed by atoms with Gasteiger partial charge in [-0.25, -0.2) is 0 Å². The molecule has 0 spiro atoms. The van der Waals surface area contributed by atoms with Crippen LogP contribution in [0.4, 0.5) is 5.69 Å². The number of aryl methyl sites for hydroxylation is 2. The normalized spacial score (nSPS) is 15.9. The highest BCUT2D eigenvalue weighted by molar-refractivity contribution is 5.93. The van der Waals surface area contributed by atoms with Crippen molar-refractivity contribution in [1.82, 2.24) is 9.80 Å². The second-order valence-corrected chi connectivity index (χ2v) is 6.85. The summed E-state index contributed by atoms with van der Waals surface area (Å²) in [5, 5.41) is 3.08. The standard InChI is InChI=1S/C21H27N3O/c1-17-7-6-8-18(2)21(17)22-20(25)16-24-13-11-23(12-14-24)15-19-9-4-3-5-10-19/h3-10H,11-16H2,1-2H3,(H,22,25). The number of nitrogens with one attached hydrogen (secondary N) is 1. The lowest BCUT2D eigenvalue weighted by Gasteiger charge is -2.34. The maximum absolute atomic E-state index is 12.4. The molecular formula is C21H27N3O. The van der Waals surface area contributed by atoms with Crippen molar-refractivity contribution >= 4 is 11.6 Å². The van der Waals surface area contributed by atoms with Crippen LogP contribution >= 0.6 is 0 Å². The average Bonchev–Trinajstić information content (AvgIpc) is 2.61. The van der Waals surface area contributed by atoms with Crippen LogP contribution in [0.2, 0.25) is 0 Å². The number of para-hydroxylation sites is 1. The number of nitrogens with zero attached hydrogens (tertiary/aromatic N) is 2. The Kier molecular flexibility index (Phi) is 5.84. The van der Waals surface area contributed by atoms with Gasteiger partial charge in [0.05, 0.1) is 6.54 Å². The Morgan fingerprint density at radius 1 is 0.880 bits per heavy atom. The van der Waals surface area contributed by atoms with E-state index in [0.29, 0.717) is 6.54 Å². The molecule has 132 valence electrons. The van der Waals surface area contributed by atoms with Gasteiger partial charge in [0.1, 0.15) is 0 Å². The lowest BCUT2D eigenvalue weighted by atomic mass is 10.1. The highest BCUT2D eigenvalue weighted by Gasteiger charge is 2.19. The summed E-state index contributed by atoms with van der Waals surface area (Å²) in [7, 11) is 0.